The van der Waals surface area contributed by atoms with Gasteiger partial charge in [-0.15, -0.1) is 0 Å². The van der Waals surface area contributed by atoms with E-state index in [1.165, 1.54) is 38.5 Å². The van der Waals surface area contributed by atoms with Crippen LogP contribution >= 0.6 is 15.9 Å². The maximum absolute atomic E-state index is 13.1. The van der Waals surface area contributed by atoms with Gasteiger partial charge >= 0.3 is 0 Å². The van der Waals surface area contributed by atoms with Crippen LogP contribution in [0.4, 0.5) is 0 Å². The lowest BCUT2D eigenvalue weighted by Crippen LogP contribution is -2.55. The number of rotatable bonds is 1. The molecule has 5 rings (SSSR count). The number of nitrogens with zero attached hydrogens (tertiary/aromatic N) is 1. The third-order valence-corrected chi connectivity index (χ3v) is 7.12. The summed E-state index contributed by atoms with van der Waals surface area (Å²) in [6.45, 7) is 1.97. The summed E-state index contributed by atoms with van der Waals surface area (Å²) in [4.78, 5) is 15.9. The zero-order chi connectivity index (χ0) is 13.0. The largest absolute Gasteiger partial charge is 0.342 e. The molecule has 19 heavy (non-hydrogen) atoms. The van der Waals surface area contributed by atoms with E-state index in [2.05, 4.69) is 20.8 Å². The first-order valence-electron chi connectivity index (χ1n) is 8.08. The number of carbonyl (C=O) groups excluding carboxylic acids is 1. The molecule has 1 aliphatic heterocycles. The van der Waals surface area contributed by atoms with Crippen LogP contribution in [0, 0.1) is 23.2 Å². The van der Waals surface area contributed by atoms with Crippen LogP contribution in [-0.4, -0.2) is 28.7 Å². The Morgan fingerprint density at radius 2 is 1.42 bits per heavy atom. The van der Waals surface area contributed by atoms with Gasteiger partial charge in [0.25, 0.3) is 0 Å². The summed E-state index contributed by atoms with van der Waals surface area (Å²) in [6.07, 6.45) is 10.2. The van der Waals surface area contributed by atoms with Crippen molar-refractivity contribution in [3.8, 4) is 0 Å². The molecule has 5 aliphatic rings. The average Bonchev–Trinajstić information content (AvgIpc) is 2.37. The van der Waals surface area contributed by atoms with Crippen LogP contribution < -0.4 is 0 Å². The molecule has 0 aromatic carbocycles. The van der Waals surface area contributed by atoms with Gasteiger partial charge in [0.2, 0.25) is 5.91 Å². The molecule has 1 heterocycles. The molecule has 0 spiro atoms. The van der Waals surface area contributed by atoms with Gasteiger partial charge in [0.15, 0.2) is 0 Å². The van der Waals surface area contributed by atoms with E-state index in [9.17, 15) is 4.79 Å². The van der Waals surface area contributed by atoms with Crippen LogP contribution in [-0.2, 0) is 4.79 Å². The van der Waals surface area contributed by atoms with Crippen molar-refractivity contribution < 1.29 is 4.79 Å². The summed E-state index contributed by atoms with van der Waals surface area (Å²) in [7, 11) is 0. The van der Waals surface area contributed by atoms with E-state index >= 15 is 0 Å². The van der Waals surface area contributed by atoms with Crippen LogP contribution in [0.5, 0.6) is 0 Å². The third kappa shape index (κ3) is 2.07. The van der Waals surface area contributed by atoms with E-state index in [1.807, 2.05) is 0 Å². The Morgan fingerprint density at radius 3 is 1.89 bits per heavy atom. The average molecular weight is 326 g/mol. The number of hydrogen-bond donors (Lipinski definition) is 0. The van der Waals surface area contributed by atoms with E-state index in [4.69, 9.17) is 0 Å². The van der Waals surface area contributed by atoms with E-state index in [0.717, 1.165) is 43.7 Å². The van der Waals surface area contributed by atoms with E-state index in [1.54, 1.807) is 0 Å². The second-order valence-corrected chi connectivity index (χ2v) is 8.96. The summed E-state index contributed by atoms with van der Waals surface area (Å²) in [5.41, 5.74) is 0.0773. The smallest absolute Gasteiger partial charge is 0.228 e. The molecule has 2 nitrogen and oxygen atoms in total. The first kappa shape index (κ1) is 12.7. The van der Waals surface area contributed by atoms with Crippen LogP contribution in [0.1, 0.15) is 51.4 Å². The Hall–Kier alpha value is -0.0500. The van der Waals surface area contributed by atoms with Crippen LogP contribution in [0.15, 0.2) is 0 Å². The quantitative estimate of drug-likeness (QED) is 0.675. The van der Waals surface area contributed by atoms with E-state index in [-0.39, 0.29) is 5.41 Å². The number of halogens is 1. The van der Waals surface area contributed by atoms with Gasteiger partial charge in [0.1, 0.15) is 0 Å². The van der Waals surface area contributed by atoms with Gasteiger partial charge in [-0.2, -0.15) is 0 Å². The first-order chi connectivity index (χ1) is 9.14. The van der Waals surface area contributed by atoms with Crippen molar-refractivity contribution in [2.45, 2.75) is 56.2 Å². The SMILES string of the molecule is O=C(N1CCC(Br)CC1)C12CC3CC(CC(C3)C1)C2. The van der Waals surface area contributed by atoms with Crippen LogP contribution in [0.2, 0.25) is 0 Å². The standard InChI is InChI=1S/C16H24BrNO/c17-14-1-3-18(4-2-14)15(19)16-8-11-5-12(9-16)7-13(6-11)10-16/h11-14H,1-10H2. The predicted molar refractivity (Wildman–Crippen MR) is 79.1 cm³/mol. The molecule has 0 unspecified atom stereocenters. The number of likely N-dealkylation sites (tertiary alicyclic amines) is 1. The maximum atomic E-state index is 13.1. The first-order valence-corrected chi connectivity index (χ1v) is 9.00. The van der Waals surface area contributed by atoms with Crippen molar-refractivity contribution in [2.24, 2.45) is 23.2 Å². The zero-order valence-electron chi connectivity index (χ0n) is 11.6. The molecule has 5 fully saturated rings. The summed E-state index contributed by atoms with van der Waals surface area (Å²) in [6, 6.07) is 0. The molecule has 1 amide bonds. The van der Waals surface area contributed by atoms with Crippen molar-refractivity contribution in [1.82, 2.24) is 4.90 Å². The Labute approximate surface area is 124 Å². The Morgan fingerprint density at radius 1 is 0.947 bits per heavy atom. The minimum Gasteiger partial charge on any atom is -0.342 e. The van der Waals surface area contributed by atoms with Gasteiger partial charge in [0, 0.05) is 17.9 Å². The molecule has 4 saturated carbocycles. The fraction of sp³-hybridized carbons (Fsp3) is 0.938. The van der Waals surface area contributed by atoms with Crippen molar-refractivity contribution >= 4 is 21.8 Å². The minimum atomic E-state index is 0.0773. The fourth-order valence-corrected chi connectivity index (χ4v) is 6.17. The van der Waals surface area contributed by atoms with Crippen molar-refractivity contribution in [3.05, 3.63) is 0 Å². The predicted octanol–water partition coefficient (Wildman–Crippen LogP) is 3.59. The lowest BCUT2D eigenvalue weighted by molar-refractivity contribution is -0.158. The van der Waals surface area contributed by atoms with Crippen molar-refractivity contribution in [2.75, 3.05) is 13.1 Å². The Balaban J connectivity index is 1.53. The normalized spacial score (nSPS) is 45.7. The number of piperidine rings is 1. The number of alkyl halides is 1. The fourth-order valence-electron chi connectivity index (χ4n) is 5.76. The molecule has 4 aliphatic carbocycles. The zero-order valence-corrected chi connectivity index (χ0v) is 13.2. The lowest BCUT2D eigenvalue weighted by atomic mass is 9.49. The van der Waals surface area contributed by atoms with Crippen molar-refractivity contribution in [3.63, 3.8) is 0 Å². The van der Waals surface area contributed by atoms with E-state index < -0.39 is 0 Å². The molecular formula is C16H24BrNO. The number of amides is 1. The molecular weight excluding hydrogens is 302 g/mol. The van der Waals surface area contributed by atoms with Gasteiger partial charge in [0.05, 0.1) is 5.41 Å². The molecule has 106 valence electrons. The molecule has 3 heteroatoms. The maximum Gasteiger partial charge on any atom is 0.228 e. The lowest BCUT2D eigenvalue weighted by Gasteiger charge is -2.57. The van der Waals surface area contributed by atoms with Gasteiger partial charge in [-0.3, -0.25) is 4.79 Å². The van der Waals surface area contributed by atoms with E-state index in [0.29, 0.717) is 10.7 Å². The third-order valence-electron chi connectivity index (χ3n) is 6.20. The van der Waals surface area contributed by atoms with Crippen LogP contribution in [0.3, 0.4) is 0 Å². The molecule has 1 saturated heterocycles. The Kier molecular flexibility index (Phi) is 2.98. The minimum absolute atomic E-state index is 0.0773. The summed E-state index contributed by atoms with van der Waals surface area (Å²) < 4.78 is 0. The second kappa shape index (κ2) is 4.47. The van der Waals surface area contributed by atoms with Gasteiger partial charge < -0.3 is 4.90 Å². The topological polar surface area (TPSA) is 20.3 Å². The second-order valence-electron chi connectivity index (χ2n) is 7.66. The van der Waals surface area contributed by atoms with Gasteiger partial charge in [-0.1, -0.05) is 15.9 Å². The molecule has 0 atom stereocenters. The molecule has 0 aromatic heterocycles. The highest BCUT2D eigenvalue weighted by atomic mass is 79.9. The summed E-state index contributed by atoms with van der Waals surface area (Å²) >= 11 is 3.69. The molecule has 0 radical (unpaired) electrons. The summed E-state index contributed by atoms with van der Waals surface area (Å²) in [5.74, 6) is 3.17. The van der Waals surface area contributed by atoms with Crippen molar-refractivity contribution in [1.29, 1.82) is 0 Å². The van der Waals surface area contributed by atoms with Gasteiger partial charge in [-0.25, -0.2) is 0 Å². The monoisotopic (exact) mass is 325 g/mol. The molecule has 0 N–H and O–H groups in total. The highest BCUT2D eigenvalue weighted by molar-refractivity contribution is 9.09. The highest BCUT2D eigenvalue weighted by Gasteiger charge is 2.55. The van der Waals surface area contributed by atoms with Crippen LogP contribution in [0.25, 0.3) is 0 Å². The summed E-state index contributed by atoms with van der Waals surface area (Å²) in [5, 5.41) is 0. The number of carbonyl (C=O) groups is 1. The molecule has 0 aromatic rings. The number of hydrogen-bond acceptors (Lipinski definition) is 1. The molecule has 4 bridgehead atoms. The highest BCUT2D eigenvalue weighted by Crippen LogP contribution is 2.60. The Bertz CT molecular complexity index is 351. The van der Waals surface area contributed by atoms with Gasteiger partial charge in [-0.05, 0) is 69.1 Å².